The number of carbonyl (C=O) groups excluding carboxylic acids is 4. The lowest BCUT2D eigenvalue weighted by Crippen LogP contribution is -2.11. The molecular formula is C54H62O10. The summed E-state index contributed by atoms with van der Waals surface area (Å²) in [5.74, 6) is -0.172. The first-order chi connectivity index (χ1) is 31.3. The Morgan fingerprint density at radius 1 is 0.312 bits per heavy atom. The number of ether oxygens (including phenoxy) is 6. The van der Waals surface area contributed by atoms with Crippen LogP contribution in [0.5, 0.6) is 34.5 Å². The quantitative estimate of drug-likeness (QED) is 0.0272. The molecule has 5 aromatic carbocycles. The molecule has 0 fully saturated rings. The Hall–Kier alpha value is -6.42. The molecular weight excluding hydrogens is 809 g/mol. The summed E-state index contributed by atoms with van der Waals surface area (Å²) in [4.78, 5) is 51.4. The van der Waals surface area contributed by atoms with Crippen molar-refractivity contribution in [2.45, 2.75) is 117 Å². The summed E-state index contributed by atoms with van der Waals surface area (Å²) in [5.41, 5.74) is 1.18. The summed E-state index contributed by atoms with van der Waals surface area (Å²) in [6.07, 6.45) is 19.7. The first-order valence-electron chi connectivity index (χ1n) is 23.0. The molecule has 0 unspecified atom stereocenters. The summed E-state index contributed by atoms with van der Waals surface area (Å²) in [7, 11) is 0. The van der Waals surface area contributed by atoms with Crippen molar-refractivity contribution in [1.82, 2.24) is 0 Å². The second-order valence-corrected chi connectivity index (χ2v) is 15.8. The van der Waals surface area contributed by atoms with Crippen LogP contribution in [0.2, 0.25) is 0 Å². The second-order valence-electron chi connectivity index (χ2n) is 15.8. The van der Waals surface area contributed by atoms with Crippen LogP contribution in [0.15, 0.2) is 121 Å². The molecule has 0 radical (unpaired) electrons. The smallest absolute Gasteiger partial charge is 0.343 e. The van der Waals surface area contributed by atoms with Gasteiger partial charge in [0.1, 0.15) is 34.5 Å². The van der Waals surface area contributed by atoms with Gasteiger partial charge in [0.2, 0.25) is 0 Å². The van der Waals surface area contributed by atoms with Gasteiger partial charge in [-0.15, -0.1) is 0 Å². The van der Waals surface area contributed by atoms with Crippen molar-refractivity contribution >= 4 is 23.9 Å². The Kier molecular flexibility index (Phi) is 21.0. The first kappa shape index (κ1) is 48.6. The predicted octanol–water partition coefficient (Wildman–Crippen LogP) is 13.6. The van der Waals surface area contributed by atoms with E-state index in [-0.39, 0.29) is 34.1 Å². The molecule has 0 saturated heterocycles. The van der Waals surface area contributed by atoms with Crippen LogP contribution in [-0.2, 0) is 0 Å². The molecule has 5 aromatic rings. The fraction of sp³-hybridized carbons (Fsp3) is 0.370. The van der Waals surface area contributed by atoms with Crippen molar-refractivity contribution in [2.24, 2.45) is 0 Å². The average molecular weight is 871 g/mol. The van der Waals surface area contributed by atoms with Gasteiger partial charge in [-0.1, -0.05) is 110 Å². The third-order valence-corrected chi connectivity index (χ3v) is 10.5. The summed E-state index contributed by atoms with van der Waals surface area (Å²) in [6.45, 7) is 5.72. The Bertz CT molecular complexity index is 2160. The van der Waals surface area contributed by atoms with Gasteiger partial charge in [0.05, 0.1) is 35.5 Å². The molecule has 5 rings (SSSR count). The van der Waals surface area contributed by atoms with Crippen molar-refractivity contribution in [3.63, 3.8) is 0 Å². The second kappa shape index (κ2) is 27.6. The van der Waals surface area contributed by atoms with Gasteiger partial charge >= 0.3 is 23.9 Å². The van der Waals surface area contributed by atoms with E-state index in [0.717, 1.165) is 25.7 Å². The molecule has 0 atom stereocenters. The molecule has 0 aliphatic carbocycles. The fourth-order valence-corrected chi connectivity index (χ4v) is 6.81. The number of rotatable bonds is 28. The van der Waals surface area contributed by atoms with Crippen molar-refractivity contribution in [3.05, 3.63) is 144 Å². The van der Waals surface area contributed by atoms with E-state index in [1.54, 1.807) is 66.7 Å². The molecule has 0 spiro atoms. The Morgan fingerprint density at radius 3 is 0.891 bits per heavy atom. The molecule has 10 nitrogen and oxygen atoms in total. The average Bonchev–Trinajstić information content (AvgIpc) is 3.31. The van der Waals surface area contributed by atoms with Crippen LogP contribution >= 0.6 is 0 Å². The van der Waals surface area contributed by atoms with Gasteiger partial charge in [-0.3, -0.25) is 0 Å². The van der Waals surface area contributed by atoms with Crippen LogP contribution in [-0.4, -0.2) is 37.1 Å². The largest absolute Gasteiger partial charge is 0.494 e. The zero-order valence-electron chi connectivity index (χ0n) is 37.4. The molecule has 0 aromatic heterocycles. The van der Waals surface area contributed by atoms with Crippen molar-refractivity contribution in [3.8, 4) is 34.5 Å². The van der Waals surface area contributed by atoms with Crippen LogP contribution in [0.3, 0.4) is 0 Å². The van der Waals surface area contributed by atoms with Crippen molar-refractivity contribution in [1.29, 1.82) is 0 Å². The molecule has 0 saturated carbocycles. The van der Waals surface area contributed by atoms with Crippen LogP contribution in [0.25, 0.3) is 0 Å². The van der Waals surface area contributed by atoms with Crippen LogP contribution in [0, 0.1) is 0 Å². The summed E-state index contributed by atoms with van der Waals surface area (Å²) >= 11 is 0. The molecule has 10 heteroatoms. The highest BCUT2D eigenvalue weighted by molar-refractivity contribution is 5.94. The van der Waals surface area contributed by atoms with Crippen LogP contribution in [0.1, 0.15) is 158 Å². The van der Waals surface area contributed by atoms with Crippen molar-refractivity contribution < 1.29 is 47.6 Å². The maximum absolute atomic E-state index is 13.0. The molecule has 0 bridgehead atoms. The predicted molar refractivity (Wildman–Crippen MR) is 248 cm³/mol. The molecule has 0 amide bonds. The number of esters is 4. The Labute approximate surface area is 378 Å². The topological polar surface area (TPSA) is 124 Å². The Balaban J connectivity index is 0.999. The Morgan fingerprint density at radius 2 is 0.578 bits per heavy atom. The highest BCUT2D eigenvalue weighted by atomic mass is 16.6. The minimum atomic E-state index is -0.660. The molecule has 338 valence electrons. The van der Waals surface area contributed by atoms with Gasteiger partial charge in [0.25, 0.3) is 0 Å². The highest BCUT2D eigenvalue weighted by Gasteiger charge is 2.15. The third kappa shape index (κ3) is 17.4. The molecule has 0 aliphatic rings. The van der Waals surface area contributed by atoms with Crippen LogP contribution in [0.4, 0.5) is 0 Å². The highest BCUT2D eigenvalue weighted by Crippen LogP contribution is 2.24. The lowest BCUT2D eigenvalue weighted by Gasteiger charge is -2.09. The van der Waals surface area contributed by atoms with Gasteiger partial charge < -0.3 is 28.4 Å². The van der Waals surface area contributed by atoms with Gasteiger partial charge in [-0.2, -0.15) is 0 Å². The third-order valence-electron chi connectivity index (χ3n) is 10.5. The lowest BCUT2D eigenvalue weighted by molar-refractivity contribution is 0.0723. The van der Waals surface area contributed by atoms with E-state index in [1.807, 2.05) is 0 Å². The van der Waals surface area contributed by atoms with E-state index >= 15 is 0 Å². The lowest BCUT2D eigenvalue weighted by atomic mass is 10.1. The zero-order valence-corrected chi connectivity index (χ0v) is 37.4. The van der Waals surface area contributed by atoms with Gasteiger partial charge in [0, 0.05) is 6.07 Å². The summed E-state index contributed by atoms with van der Waals surface area (Å²) in [5, 5.41) is 0. The SMILES string of the molecule is CCCCCCCCCCCCOc1ccc(C(=O)Oc2ccc(C(=O)Oc3cccc(OC(=O)c4ccc(OC(=O)c5ccc(OCCCCCCCC)cc5)cc4)c3)cc2)cc1. The first-order valence-corrected chi connectivity index (χ1v) is 23.0. The van der Waals surface area contributed by atoms with E-state index in [1.165, 1.54) is 132 Å². The zero-order chi connectivity index (χ0) is 45.2. The standard InChI is InChI=1S/C54H62O10/c1-3-5-7-9-11-12-13-14-16-18-39-60-46-32-24-42(25-33-46)52(56)62-48-36-28-44(29-37-48)54(58)64-50-21-19-20-49(40-50)63-53(57)43-26-34-47(35-27-43)61-51(55)41-22-30-45(31-23-41)59-38-17-15-10-8-6-4-2/h19-37,40H,3-18,38-39H2,1-2H3. The van der Waals surface area contributed by atoms with Gasteiger partial charge in [0.15, 0.2) is 0 Å². The maximum Gasteiger partial charge on any atom is 0.343 e. The van der Waals surface area contributed by atoms with E-state index < -0.39 is 23.9 Å². The molecule has 0 aliphatic heterocycles. The number of benzene rings is 5. The van der Waals surface area contributed by atoms with E-state index in [0.29, 0.717) is 35.8 Å². The van der Waals surface area contributed by atoms with Crippen LogP contribution < -0.4 is 28.4 Å². The minimum Gasteiger partial charge on any atom is -0.494 e. The van der Waals surface area contributed by atoms with Gasteiger partial charge in [-0.05, 0) is 122 Å². The van der Waals surface area contributed by atoms with Crippen molar-refractivity contribution in [2.75, 3.05) is 13.2 Å². The minimum absolute atomic E-state index is 0.154. The van der Waals surface area contributed by atoms with E-state index in [4.69, 9.17) is 28.4 Å². The maximum atomic E-state index is 13.0. The molecule has 0 heterocycles. The normalized spacial score (nSPS) is 10.8. The number of hydrogen-bond acceptors (Lipinski definition) is 10. The molecule has 0 N–H and O–H groups in total. The van der Waals surface area contributed by atoms with E-state index in [9.17, 15) is 19.2 Å². The number of carbonyl (C=O) groups is 4. The summed E-state index contributed by atoms with van der Waals surface area (Å²) in [6, 6.07) is 31.7. The number of unbranched alkanes of at least 4 members (excludes halogenated alkanes) is 14. The summed E-state index contributed by atoms with van der Waals surface area (Å²) < 4.78 is 33.7. The fourth-order valence-electron chi connectivity index (χ4n) is 6.81. The van der Waals surface area contributed by atoms with Gasteiger partial charge in [-0.25, -0.2) is 19.2 Å². The molecule has 64 heavy (non-hydrogen) atoms. The number of hydrogen-bond donors (Lipinski definition) is 0. The van der Waals surface area contributed by atoms with E-state index in [2.05, 4.69) is 13.8 Å². The monoisotopic (exact) mass is 870 g/mol.